The normalized spacial score (nSPS) is 24.9. The molecule has 4 rings (SSSR count). The van der Waals surface area contributed by atoms with Crippen molar-refractivity contribution in [3.05, 3.63) is 48.7 Å². The Hall–Kier alpha value is -1.87. The highest BCUT2D eigenvalue weighted by molar-refractivity contribution is 5.63. The van der Waals surface area contributed by atoms with Crippen LogP contribution in [0.4, 0.5) is 5.82 Å². The lowest BCUT2D eigenvalue weighted by Crippen LogP contribution is -2.51. The van der Waals surface area contributed by atoms with Crippen LogP contribution in [-0.2, 0) is 0 Å². The van der Waals surface area contributed by atoms with Crippen LogP contribution in [-0.4, -0.2) is 30.7 Å². The molecule has 0 aliphatic carbocycles. The standard InChI is InChI=1S/C16H17N3/c1-2-4-12(5-3-1)13-6-7-16(18-8-13)19-10-14-9-17-15(14)11-19/h1-8,14-15,17H,9-11H2/t14-,15+/m0/s1. The van der Waals surface area contributed by atoms with Crippen LogP contribution in [0.5, 0.6) is 0 Å². The first kappa shape index (κ1) is 11.0. The monoisotopic (exact) mass is 251 g/mol. The molecule has 3 heteroatoms. The number of fused-ring (bicyclic) bond motifs is 1. The van der Waals surface area contributed by atoms with Gasteiger partial charge in [-0.25, -0.2) is 4.98 Å². The number of benzene rings is 1. The molecule has 0 bridgehead atoms. The molecule has 2 saturated heterocycles. The zero-order valence-corrected chi connectivity index (χ0v) is 10.8. The van der Waals surface area contributed by atoms with Crippen LogP contribution in [0.1, 0.15) is 0 Å². The van der Waals surface area contributed by atoms with Gasteiger partial charge in [0.2, 0.25) is 0 Å². The molecular weight excluding hydrogens is 234 g/mol. The lowest BCUT2D eigenvalue weighted by atomic mass is 9.96. The Morgan fingerprint density at radius 1 is 1.00 bits per heavy atom. The smallest absolute Gasteiger partial charge is 0.128 e. The van der Waals surface area contributed by atoms with Crippen LogP contribution >= 0.6 is 0 Å². The second kappa shape index (κ2) is 4.35. The number of pyridine rings is 1. The SMILES string of the molecule is c1ccc(-c2ccc(N3C[C@@H]4CN[C@@H]4C3)nc2)cc1. The first-order chi connectivity index (χ1) is 9.40. The molecule has 3 nitrogen and oxygen atoms in total. The topological polar surface area (TPSA) is 28.2 Å². The number of hydrogen-bond acceptors (Lipinski definition) is 3. The largest absolute Gasteiger partial charge is 0.355 e. The van der Waals surface area contributed by atoms with E-state index in [4.69, 9.17) is 0 Å². The Balaban J connectivity index is 1.56. The number of nitrogens with one attached hydrogen (secondary N) is 1. The Labute approximate surface area is 113 Å². The number of aromatic nitrogens is 1. The van der Waals surface area contributed by atoms with E-state index in [1.165, 1.54) is 17.7 Å². The van der Waals surface area contributed by atoms with Crippen molar-refractivity contribution < 1.29 is 0 Å². The van der Waals surface area contributed by atoms with E-state index in [0.29, 0.717) is 6.04 Å². The van der Waals surface area contributed by atoms with Gasteiger partial charge in [-0.1, -0.05) is 30.3 Å². The summed E-state index contributed by atoms with van der Waals surface area (Å²) >= 11 is 0. The lowest BCUT2D eigenvalue weighted by Gasteiger charge is -2.29. The Bertz CT molecular complexity index is 552. The highest BCUT2D eigenvalue weighted by Gasteiger charge is 2.39. The maximum atomic E-state index is 4.63. The fraction of sp³-hybridized carbons (Fsp3) is 0.312. The van der Waals surface area contributed by atoms with Gasteiger partial charge >= 0.3 is 0 Å². The van der Waals surface area contributed by atoms with E-state index in [1.54, 1.807) is 0 Å². The van der Waals surface area contributed by atoms with Crippen molar-refractivity contribution in [3.8, 4) is 11.1 Å². The molecule has 0 amide bonds. The predicted octanol–water partition coefficient (Wildman–Crippen LogP) is 2.16. The summed E-state index contributed by atoms with van der Waals surface area (Å²) in [7, 11) is 0. The van der Waals surface area contributed by atoms with E-state index in [2.05, 4.69) is 51.6 Å². The minimum atomic E-state index is 0.690. The molecule has 1 aromatic heterocycles. The minimum Gasteiger partial charge on any atom is -0.355 e. The first-order valence-corrected chi connectivity index (χ1v) is 6.90. The van der Waals surface area contributed by atoms with Gasteiger partial charge in [0.25, 0.3) is 0 Å². The highest BCUT2D eigenvalue weighted by Crippen LogP contribution is 2.28. The van der Waals surface area contributed by atoms with Crippen molar-refractivity contribution in [3.63, 3.8) is 0 Å². The van der Waals surface area contributed by atoms with E-state index < -0.39 is 0 Å². The van der Waals surface area contributed by atoms with Gasteiger partial charge in [-0.2, -0.15) is 0 Å². The van der Waals surface area contributed by atoms with Gasteiger partial charge in [0.1, 0.15) is 5.82 Å². The van der Waals surface area contributed by atoms with Crippen LogP contribution in [0.15, 0.2) is 48.7 Å². The van der Waals surface area contributed by atoms with Crippen molar-refractivity contribution in [2.24, 2.45) is 5.92 Å². The zero-order chi connectivity index (χ0) is 12.7. The van der Waals surface area contributed by atoms with Crippen molar-refractivity contribution >= 4 is 5.82 Å². The van der Waals surface area contributed by atoms with Crippen LogP contribution in [0.3, 0.4) is 0 Å². The highest BCUT2D eigenvalue weighted by atomic mass is 15.3. The molecule has 0 unspecified atom stereocenters. The molecule has 2 atom stereocenters. The summed E-state index contributed by atoms with van der Waals surface area (Å²) in [6, 6.07) is 15.4. The summed E-state index contributed by atoms with van der Waals surface area (Å²) in [6.45, 7) is 3.42. The maximum Gasteiger partial charge on any atom is 0.128 e. The fourth-order valence-corrected chi connectivity index (χ4v) is 3.01. The Kier molecular flexibility index (Phi) is 2.52. The van der Waals surface area contributed by atoms with Crippen LogP contribution in [0.25, 0.3) is 11.1 Å². The number of rotatable bonds is 2. The first-order valence-electron chi connectivity index (χ1n) is 6.90. The number of hydrogen-bond donors (Lipinski definition) is 1. The lowest BCUT2D eigenvalue weighted by molar-refractivity contribution is 0.297. The summed E-state index contributed by atoms with van der Waals surface area (Å²) in [5.41, 5.74) is 2.41. The molecule has 1 N–H and O–H groups in total. The van der Waals surface area contributed by atoms with E-state index in [-0.39, 0.29) is 0 Å². The summed E-state index contributed by atoms with van der Waals surface area (Å²) in [6.07, 6.45) is 1.98. The van der Waals surface area contributed by atoms with Gasteiger partial charge in [-0.15, -0.1) is 0 Å². The summed E-state index contributed by atoms with van der Waals surface area (Å²) in [5, 5.41) is 3.47. The number of nitrogens with zero attached hydrogens (tertiary/aromatic N) is 2. The third kappa shape index (κ3) is 1.90. The van der Waals surface area contributed by atoms with E-state index in [0.717, 1.165) is 24.8 Å². The van der Waals surface area contributed by atoms with Crippen LogP contribution in [0.2, 0.25) is 0 Å². The molecule has 0 spiro atoms. The van der Waals surface area contributed by atoms with E-state index in [1.807, 2.05) is 12.3 Å². The predicted molar refractivity (Wildman–Crippen MR) is 77.2 cm³/mol. The maximum absolute atomic E-state index is 4.63. The number of anilines is 1. The third-order valence-corrected chi connectivity index (χ3v) is 4.26. The Morgan fingerprint density at radius 3 is 2.47 bits per heavy atom. The van der Waals surface area contributed by atoms with Gasteiger partial charge in [0, 0.05) is 43.4 Å². The molecule has 0 radical (unpaired) electrons. The summed E-state index contributed by atoms with van der Waals surface area (Å²) in [4.78, 5) is 7.02. The summed E-state index contributed by atoms with van der Waals surface area (Å²) < 4.78 is 0. The van der Waals surface area contributed by atoms with Gasteiger partial charge in [-0.05, 0) is 17.7 Å². The molecule has 2 fully saturated rings. The van der Waals surface area contributed by atoms with E-state index >= 15 is 0 Å². The average Bonchev–Trinajstić information content (AvgIpc) is 2.76. The van der Waals surface area contributed by atoms with Gasteiger partial charge in [-0.3, -0.25) is 0 Å². The molecule has 2 aromatic rings. The van der Waals surface area contributed by atoms with Gasteiger partial charge in [0.05, 0.1) is 0 Å². The summed E-state index contributed by atoms with van der Waals surface area (Å²) in [5.74, 6) is 1.94. The molecule has 3 heterocycles. The van der Waals surface area contributed by atoms with Crippen molar-refractivity contribution in [2.45, 2.75) is 6.04 Å². The van der Waals surface area contributed by atoms with E-state index in [9.17, 15) is 0 Å². The minimum absolute atomic E-state index is 0.690. The van der Waals surface area contributed by atoms with Crippen LogP contribution in [0, 0.1) is 5.92 Å². The van der Waals surface area contributed by atoms with Crippen molar-refractivity contribution in [1.82, 2.24) is 10.3 Å². The van der Waals surface area contributed by atoms with Gasteiger partial charge in [0.15, 0.2) is 0 Å². The second-order valence-electron chi connectivity index (χ2n) is 5.45. The molecule has 96 valence electrons. The molecule has 2 aliphatic rings. The molecule has 0 saturated carbocycles. The Morgan fingerprint density at radius 2 is 1.89 bits per heavy atom. The second-order valence-corrected chi connectivity index (χ2v) is 5.45. The fourth-order valence-electron chi connectivity index (χ4n) is 3.01. The van der Waals surface area contributed by atoms with Crippen molar-refractivity contribution in [2.75, 3.05) is 24.5 Å². The van der Waals surface area contributed by atoms with Crippen molar-refractivity contribution in [1.29, 1.82) is 0 Å². The van der Waals surface area contributed by atoms with Crippen LogP contribution < -0.4 is 10.2 Å². The average molecular weight is 251 g/mol. The van der Waals surface area contributed by atoms with Gasteiger partial charge < -0.3 is 10.2 Å². The quantitative estimate of drug-likeness (QED) is 0.886. The molecule has 2 aliphatic heterocycles. The molecule has 1 aromatic carbocycles. The zero-order valence-electron chi connectivity index (χ0n) is 10.8. The molecular formula is C16H17N3. The third-order valence-electron chi connectivity index (χ3n) is 4.26. The molecule has 19 heavy (non-hydrogen) atoms.